The topological polar surface area (TPSA) is 466 Å². The van der Waals surface area contributed by atoms with Crippen LogP contribution in [0.5, 0.6) is 0 Å². The molecule has 16 amide bonds. The highest BCUT2D eigenvalue weighted by Crippen LogP contribution is 2.24. The average molecular weight is 1630 g/mol. The molecule has 4 aliphatic rings. The summed E-state index contributed by atoms with van der Waals surface area (Å²) in [5, 5.41) is 43.5. The number of Topliss-reactive ketones (excluding diaryl/α,β-unsaturated/α-hetero) is 4. The van der Waals surface area contributed by atoms with E-state index >= 15 is 0 Å². The monoisotopic (exact) mass is 1630 g/mol. The first-order valence-corrected chi connectivity index (χ1v) is 41.0. The minimum atomic E-state index is -0.683. The maximum absolute atomic E-state index is 13.0. The van der Waals surface area contributed by atoms with Crippen LogP contribution in [0.4, 0.5) is 19.2 Å². The molecule has 0 spiro atoms. The molecule has 0 aromatic heterocycles. The Morgan fingerprint density at radius 2 is 0.655 bits per heavy atom. The van der Waals surface area contributed by atoms with Gasteiger partial charge in [0.2, 0.25) is 47.3 Å². The van der Waals surface area contributed by atoms with Gasteiger partial charge in [-0.05, 0) is 93.3 Å². The van der Waals surface area contributed by atoms with Gasteiger partial charge in [0.05, 0.1) is 30.1 Å². The fourth-order valence-corrected chi connectivity index (χ4v) is 12.5. The van der Waals surface area contributed by atoms with Crippen LogP contribution in [0.1, 0.15) is 208 Å². The summed E-state index contributed by atoms with van der Waals surface area (Å²) in [4.78, 5) is 197. The summed E-state index contributed by atoms with van der Waals surface area (Å²) in [5.74, 6) is -4.33. The maximum Gasteiger partial charge on any atom is 0.315 e. The number of urea groups is 4. The van der Waals surface area contributed by atoms with Crippen molar-refractivity contribution >= 4 is 94.5 Å². The molecule has 0 aromatic rings. The molecule has 116 heavy (non-hydrogen) atoms. The Bertz CT molecular complexity index is 3330. The van der Waals surface area contributed by atoms with E-state index in [9.17, 15) is 76.7 Å². The van der Waals surface area contributed by atoms with Gasteiger partial charge >= 0.3 is 24.1 Å². The molecule has 0 saturated heterocycles. The largest absolute Gasteiger partial charge is 0.353 e. The van der Waals surface area contributed by atoms with Gasteiger partial charge in [-0.15, -0.1) is 0 Å². The van der Waals surface area contributed by atoms with Gasteiger partial charge in [0.1, 0.15) is 0 Å². The zero-order valence-electron chi connectivity index (χ0n) is 71.7. The second kappa shape index (κ2) is 58.1. The van der Waals surface area contributed by atoms with Gasteiger partial charge < -0.3 is 85.1 Å². The molecule has 0 aliphatic carbocycles. The van der Waals surface area contributed by atoms with Crippen LogP contribution in [-0.4, -0.2) is 197 Å². The first kappa shape index (κ1) is 106. The lowest BCUT2D eigenvalue weighted by Gasteiger charge is -2.27. The molecule has 656 valence electrons. The second-order valence-electron chi connectivity index (χ2n) is 31.7. The number of carbonyl (C=O) groups is 16. The van der Waals surface area contributed by atoms with Crippen LogP contribution in [0, 0.1) is 65.1 Å². The Morgan fingerprint density at radius 3 is 0.966 bits per heavy atom. The fourth-order valence-electron chi connectivity index (χ4n) is 12.5. The third-order valence-corrected chi connectivity index (χ3v) is 20.0. The number of hydrogen-bond acceptors (Lipinski definition) is 16. The number of ketones is 4. The summed E-state index contributed by atoms with van der Waals surface area (Å²) in [5.41, 5.74) is 0. The summed E-state index contributed by atoms with van der Waals surface area (Å²) in [7, 11) is 5.98. The molecule has 0 bridgehead atoms. The molecule has 32 heteroatoms. The van der Waals surface area contributed by atoms with E-state index in [0.29, 0.717) is 51.9 Å². The molecule has 0 saturated carbocycles. The van der Waals surface area contributed by atoms with Crippen LogP contribution >= 0.6 is 0 Å². The Kier molecular flexibility index (Phi) is 53.2. The van der Waals surface area contributed by atoms with Crippen molar-refractivity contribution in [2.45, 2.75) is 256 Å². The minimum Gasteiger partial charge on any atom is -0.353 e. The summed E-state index contributed by atoms with van der Waals surface area (Å²) in [6.07, 6.45) is 23.4. The van der Waals surface area contributed by atoms with Crippen molar-refractivity contribution in [2.24, 2.45) is 65.1 Å². The molecule has 0 aromatic carbocycles. The highest BCUT2D eigenvalue weighted by atomic mass is 16.2. The number of nitrogens with one attached hydrogen (secondary N) is 16. The number of rotatable bonds is 24. The zero-order valence-corrected chi connectivity index (χ0v) is 71.7. The third-order valence-electron chi connectivity index (χ3n) is 20.0. The summed E-state index contributed by atoms with van der Waals surface area (Å²) in [6.45, 7) is 30.6. The Balaban J connectivity index is 0.00000152. The molecular formula is C84H144N16O16. The van der Waals surface area contributed by atoms with Crippen molar-refractivity contribution in [1.29, 1.82) is 0 Å². The fraction of sp³-hybridized carbons (Fsp3) is 0.690. The van der Waals surface area contributed by atoms with Crippen LogP contribution in [0.15, 0.2) is 60.8 Å². The zero-order chi connectivity index (χ0) is 87.0. The Hall–Kier alpha value is -9.78. The lowest BCUT2D eigenvalue weighted by atomic mass is 9.87. The third kappa shape index (κ3) is 43.3. The Labute approximate surface area is 689 Å². The standard InChI is InChI=1S/C22H38N4O4.C21H36N4O4.C21H34N4O4.C19H32N4O4.CH4/c1-6-15(4)20(26-22(30)23-5)18(27)13-16-9-7-8-12-24-19(28)11-10-17(14(2)3)25-21(16)29;2*1-13(2)16-9-10-18(27)23-11-7-6-8-15(20(28)24-16)12-17(26)19(14(3)4)25-21(29)22-5;1-12(2)17(23-19(27)20-4)15(24)11-14-7-5-6-10-21-16(25)9-8-13(3)22-18(14)26;/h10-11,14-17,20H,6-9,12-13H2,1-5H3,(H,24,28)(H,25,29)(H2,23,26,30);9-10,13-16,19H,6-8,11-12H2,1-5H3,(H,23,27)(H,24,28)(H2,22,25,29);6,8-10,13-16,19H,7,11-12H2,1-5H3,(H,23,27)(H,24,28)(H2,22,25,29);8-9,12-14,17H,5-7,10-11H2,1-4H3,(H,21,25)(H,22,26)(H2,20,23,27);1H4/b11-10+;10-9+;8-6+,10-9+;9-8+;/t15?,16-,17-,20+;2*15-,16-,19+;13-,14+,17-;/m1110./s1. The first-order valence-electron chi connectivity index (χ1n) is 41.0. The van der Waals surface area contributed by atoms with E-state index in [1.54, 1.807) is 43.4 Å². The molecule has 0 radical (unpaired) electrons. The van der Waals surface area contributed by atoms with E-state index in [2.05, 4.69) is 85.1 Å². The average Bonchev–Trinajstić information content (AvgIpc) is 0.876. The van der Waals surface area contributed by atoms with Gasteiger partial charge in [0.25, 0.3) is 0 Å². The molecule has 0 fully saturated rings. The van der Waals surface area contributed by atoms with Crippen LogP contribution in [0.2, 0.25) is 0 Å². The van der Waals surface area contributed by atoms with E-state index in [1.807, 2.05) is 96.9 Å². The number of carbonyl (C=O) groups excluding carboxylic acids is 16. The number of amides is 16. The van der Waals surface area contributed by atoms with Crippen molar-refractivity contribution in [3.63, 3.8) is 0 Å². The molecular weight excluding hydrogens is 1490 g/mol. The van der Waals surface area contributed by atoms with Crippen molar-refractivity contribution in [3.8, 4) is 0 Å². The highest BCUT2D eigenvalue weighted by Gasteiger charge is 2.35. The smallest absolute Gasteiger partial charge is 0.315 e. The van der Waals surface area contributed by atoms with Crippen LogP contribution in [0.25, 0.3) is 0 Å². The molecule has 4 aliphatic heterocycles. The lowest BCUT2D eigenvalue weighted by Crippen LogP contribution is -2.49. The van der Waals surface area contributed by atoms with Gasteiger partial charge in [0, 0.05) is 146 Å². The summed E-state index contributed by atoms with van der Waals surface area (Å²) >= 11 is 0. The van der Waals surface area contributed by atoms with Crippen molar-refractivity contribution in [3.05, 3.63) is 60.8 Å². The molecule has 1 unspecified atom stereocenters. The van der Waals surface area contributed by atoms with Crippen LogP contribution < -0.4 is 85.1 Å². The Morgan fingerprint density at radius 1 is 0.371 bits per heavy atom. The van der Waals surface area contributed by atoms with Crippen molar-refractivity contribution in [1.82, 2.24) is 85.1 Å². The minimum absolute atomic E-state index is 0. The molecule has 4 rings (SSSR count). The lowest BCUT2D eigenvalue weighted by molar-refractivity contribution is -0.131. The van der Waals surface area contributed by atoms with E-state index in [1.165, 1.54) is 52.5 Å². The molecule has 16 N–H and O–H groups in total. The van der Waals surface area contributed by atoms with Gasteiger partial charge in [0.15, 0.2) is 23.1 Å². The van der Waals surface area contributed by atoms with Crippen molar-refractivity contribution in [2.75, 3.05) is 54.4 Å². The SMILES string of the molecule is C.CCC(C)[C@H](NC(=O)NC)C(=O)C[C@H]1CCCCNC(=O)/C=C/[C@H](C(C)C)NC1=O.CNC(=O)N[C@H](C(=O)C[C@H]1/C=C/CCNC(=O)/C=C/[C@H](C(C)C)NC1=O)C(C)C.CNC(=O)N[C@H](C(=O)C[C@H]1CCCCNC(=O)/C=C/[C@H](C(C)C)NC1=O)C(C)C.CNC(=O)N[C@H](C(=O)C[C@H]1CCCCNC(=O)/C=C/[C@H](C)NC1=O)C(C)C. The van der Waals surface area contributed by atoms with Crippen molar-refractivity contribution < 1.29 is 76.7 Å². The highest BCUT2D eigenvalue weighted by molar-refractivity contribution is 5.97. The van der Waals surface area contributed by atoms with Crippen LogP contribution in [0.3, 0.4) is 0 Å². The van der Waals surface area contributed by atoms with Crippen LogP contribution in [-0.2, 0) is 57.5 Å². The molecule has 32 nitrogen and oxygen atoms in total. The van der Waals surface area contributed by atoms with E-state index < -0.39 is 72.0 Å². The molecule has 13 atom stereocenters. The predicted octanol–water partition coefficient (Wildman–Crippen LogP) is 6.22. The first-order chi connectivity index (χ1) is 54.2. The normalized spacial score (nSPS) is 23.5. The van der Waals surface area contributed by atoms with Gasteiger partial charge in [-0.3, -0.25) is 57.5 Å². The van der Waals surface area contributed by atoms with E-state index in [4.69, 9.17) is 0 Å². The number of hydrogen-bond donors (Lipinski definition) is 16. The molecule has 4 heterocycles. The van der Waals surface area contributed by atoms with Gasteiger partial charge in [-0.2, -0.15) is 0 Å². The second-order valence-corrected chi connectivity index (χ2v) is 31.7. The summed E-state index contributed by atoms with van der Waals surface area (Å²) in [6, 6.07) is -5.52. The van der Waals surface area contributed by atoms with Gasteiger partial charge in [-0.1, -0.05) is 166 Å². The quantitative estimate of drug-likeness (QED) is 0.0477. The predicted molar refractivity (Wildman–Crippen MR) is 450 cm³/mol. The van der Waals surface area contributed by atoms with Gasteiger partial charge in [-0.25, -0.2) is 19.2 Å². The van der Waals surface area contributed by atoms with E-state index in [0.717, 1.165) is 44.9 Å². The van der Waals surface area contributed by atoms with E-state index in [-0.39, 0.29) is 169 Å². The summed E-state index contributed by atoms with van der Waals surface area (Å²) < 4.78 is 0. The maximum atomic E-state index is 13.0.